The Hall–Kier alpha value is -1.58. The Labute approximate surface area is 128 Å². The molecule has 0 amide bonds. The molecule has 0 aromatic heterocycles. The number of nitrogen functional groups attached to an aromatic ring is 1. The zero-order chi connectivity index (χ0) is 14.5. The van der Waals surface area contributed by atoms with Crippen LogP contribution in [0.2, 0.25) is 10.0 Å². The van der Waals surface area contributed by atoms with Crippen molar-refractivity contribution in [1.82, 2.24) is 0 Å². The molecule has 20 heavy (non-hydrogen) atoms. The molecule has 0 spiro atoms. The third-order valence-electron chi connectivity index (χ3n) is 2.78. The van der Waals surface area contributed by atoms with Crippen molar-refractivity contribution in [2.45, 2.75) is 6.92 Å². The molecule has 2 N–H and O–H groups in total. The highest BCUT2D eigenvalue weighted by atomic mass is 35.5. The molecule has 0 bridgehead atoms. The highest BCUT2D eigenvalue weighted by Gasteiger charge is 2.05. The Morgan fingerprint density at radius 1 is 1.05 bits per heavy atom. The van der Waals surface area contributed by atoms with Gasteiger partial charge in [0.05, 0.1) is 5.02 Å². The van der Waals surface area contributed by atoms with Gasteiger partial charge in [-0.2, -0.15) is 0 Å². The summed E-state index contributed by atoms with van der Waals surface area (Å²) in [7, 11) is 0. The predicted molar refractivity (Wildman–Crippen MR) is 83.0 cm³/mol. The van der Waals surface area contributed by atoms with E-state index >= 15 is 0 Å². The molecule has 0 fully saturated rings. The number of aryl methyl sites for hydroxylation is 1. The van der Waals surface area contributed by atoms with Crippen LogP contribution in [0.15, 0.2) is 36.4 Å². The summed E-state index contributed by atoms with van der Waals surface area (Å²) in [5, 5.41) is 0.880. The van der Waals surface area contributed by atoms with Gasteiger partial charge in [-0.3, -0.25) is 0 Å². The van der Waals surface area contributed by atoms with Crippen LogP contribution in [0, 0.1) is 6.92 Å². The van der Waals surface area contributed by atoms with E-state index in [2.05, 4.69) is 0 Å². The molecule has 106 valence electrons. The molecule has 0 unspecified atom stereocenters. The molecule has 2 rings (SSSR count). The molecule has 0 aliphatic rings. The zero-order valence-corrected chi connectivity index (χ0v) is 12.5. The molecule has 0 aliphatic heterocycles. The molecule has 0 heterocycles. The number of benzene rings is 2. The van der Waals surface area contributed by atoms with Crippen LogP contribution in [0.4, 0.5) is 5.69 Å². The molecule has 0 aliphatic carbocycles. The molecule has 5 heteroatoms. The SMILES string of the molecule is Cc1ccc(OCCOc2cccc(Cl)c2Cl)cc1N. The Morgan fingerprint density at radius 2 is 1.80 bits per heavy atom. The van der Waals surface area contributed by atoms with Gasteiger partial charge < -0.3 is 15.2 Å². The molecular weight excluding hydrogens is 297 g/mol. The first-order valence-electron chi connectivity index (χ1n) is 6.13. The van der Waals surface area contributed by atoms with Crippen LogP contribution in [-0.2, 0) is 0 Å². The van der Waals surface area contributed by atoms with Gasteiger partial charge in [0.1, 0.15) is 29.7 Å². The highest BCUT2D eigenvalue weighted by Crippen LogP contribution is 2.31. The van der Waals surface area contributed by atoms with Gasteiger partial charge >= 0.3 is 0 Å². The van der Waals surface area contributed by atoms with Crippen LogP contribution in [-0.4, -0.2) is 13.2 Å². The molecule has 0 radical (unpaired) electrons. The third-order valence-corrected chi connectivity index (χ3v) is 3.58. The number of rotatable bonds is 5. The van der Waals surface area contributed by atoms with Crippen molar-refractivity contribution in [2.75, 3.05) is 18.9 Å². The number of ether oxygens (including phenoxy) is 2. The van der Waals surface area contributed by atoms with E-state index in [4.69, 9.17) is 38.4 Å². The van der Waals surface area contributed by atoms with Crippen LogP contribution in [0.3, 0.4) is 0 Å². The number of hydrogen-bond donors (Lipinski definition) is 1. The summed E-state index contributed by atoms with van der Waals surface area (Å²) < 4.78 is 11.1. The lowest BCUT2D eigenvalue weighted by Crippen LogP contribution is -2.09. The molecule has 0 saturated heterocycles. The Bertz CT molecular complexity index is 602. The van der Waals surface area contributed by atoms with E-state index in [0.717, 1.165) is 5.56 Å². The lowest BCUT2D eigenvalue weighted by molar-refractivity contribution is 0.217. The highest BCUT2D eigenvalue weighted by molar-refractivity contribution is 6.42. The van der Waals surface area contributed by atoms with E-state index < -0.39 is 0 Å². The molecule has 0 saturated carbocycles. The fourth-order valence-electron chi connectivity index (χ4n) is 1.61. The fourth-order valence-corrected chi connectivity index (χ4v) is 1.96. The van der Waals surface area contributed by atoms with E-state index in [1.54, 1.807) is 24.3 Å². The van der Waals surface area contributed by atoms with Crippen molar-refractivity contribution in [3.8, 4) is 11.5 Å². The zero-order valence-electron chi connectivity index (χ0n) is 11.0. The van der Waals surface area contributed by atoms with E-state index in [1.807, 2.05) is 19.1 Å². The first-order valence-corrected chi connectivity index (χ1v) is 6.89. The third kappa shape index (κ3) is 3.71. The quantitative estimate of drug-likeness (QED) is 0.660. The van der Waals surface area contributed by atoms with Crippen molar-refractivity contribution in [3.63, 3.8) is 0 Å². The second-order valence-electron chi connectivity index (χ2n) is 4.27. The standard InChI is InChI=1S/C15H15Cl2NO2/c1-10-5-6-11(9-13(10)18)19-7-8-20-14-4-2-3-12(16)15(14)17/h2-6,9H,7-8,18H2,1H3. The van der Waals surface area contributed by atoms with Gasteiger partial charge in [-0.05, 0) is 30.7 Å². The Balaban J connectivity index is 1.84. The normalized spacial score (nSPS) is 10.3. The topological polar surface area (TPSA) is 44.5 Å². The summed E-state index contributed by atoms with van der Waals surface area (Å²) in [5.74, 6) is 1.26. The summed E-state index contributed by atoms with van der Waals surface area (Å²) in [5.41, 5.74) is 7.55. The Kier molecular flexibility index (Phi) is 4.99. The van der Waals surface area contributed by atoms with Gasteiger partial charge in [0.25, 0.3) is 0 Å². The monoisotopic (exact) mass is 311 g/mol. The minimum Gasteiger partial charge on any atom is -0.490 e. The number of anilines is 1. The van der Waals surface area contributed by atoms with Gasteiger partial charge in [-0.1, -0.05) is 35.3 Å². The summed E-state index contributed by atoms with van der Waals surface area (Å²) >= 11 is 11.9. The van der Waals surface area contributed by atoms with E-state index in [9.17, 15) is 0 Å². The van der Waals surface area contributed by atoms with Crippen LogP contribution in [0.5, 0.6) is 11.5 Å². The van der Waals surface area contributed by atoms with Crippen LogP contribution >= 0.6 is 23.2 Å². The summed E-state index contributed by atoms with van der Waals surface area (Å²) in [6.45, 7) is 2.71. The van der Waals surface area contributed by atoms with Gasteiger partial charge in [-0.25, -0.2) is 0 Å². The molecule has 3 nitrogen and oxygen atoms in total. The summed E-state index contributed by atoms with van der Waals surface area (Å²) in [6, 6.07) is 10.8. The van der Waals surface area contributed by atoms with E-state index in [1.165, 1.54) is 0 Å². The minimum absolute atomic E-state index is 0.369. The van der Waals surface area contributed by atoms with Crippen molar-refractivity contribution >= 4 is 28.9 Å². The lowest BCUT2D eigenvalue weighted by Gasteiger charge is -2.11. The van der Waals surface area contributed by atoms with Crippen molar-refractivity contribution in [3.05, 3.63) is 52.0 Å². The predicted octanol–water partition coefficient (Wildman–Crippen LogP) is 4.34. The van der Waals surface area contributed by atoms with Gasteiger partial charge in [0, 0.05) is 11.8 Å². The maximum Gasteiger partial charge on any atom is 0.139 e. The lowest BCUT2D eigenvalue weighted by atomic mass is 10.2. The maximum atomic E-state index is 6.01. The van der Waals surface area contributed by atoms with Gasteiger partial charge in [0.2, 0.25) is 0 Å². The van der Waals surface area contributed by atoms with Crippen LogP contribution < -0.4 is 15.2 Å². The van der Waals surface area contributed by atoms with Crippen LogP contribution in [0.25, 0.3) is 0 Å². The van der Waals surface area contributed by atoms with Crippen molar-refractivity contribution in [2.24, 2.45) is 0 Å². The molecule has 0 atom stereocenters. The summed E-state index contributed by atoms with van der Waals surface area (Å²) in [4.78, 5) is 0. The average molecular weight is 312 g/mol. The molecule has 2 aromatic carbocycles. The van der Waals surface area contributed by atoms with Crippen LogP contribution in [0.1, 0.15) is 5.56 Å². The Morgan fingerprint density at radius 3 is 2.55 bits per heavy atom. The van der Waals surface area contributed by atoms with E-state index in [0.29, 0.717) is 40.4 Å². The largest absolute Gasteiger partial charge is 0.490 e. The fraction of sp³-hybridized carbons (Fsp3) is 0.200. The molecule has 2 aromatic rings. The first-order chi connectivity index (χ1) is 9.58. The number of halogens is 2. The second-order valence-corrected chi connectivity index (χ2v) is 5.05. The van der Waals surface area contributed by atoms with Gasteiger partial charge in [0.15, 0.2) is 0 Å². The smallest absolute Gasteiger partial charge is 0.139 e. The number of hydrogen-bond acceptors (Lipinski definition) is 3. The second kappa shape index (κ2) is 6.73. The van der Waals surface area contributed by atoms with Crippen molar-refractivity contribution < 1.29 is 9.47 Å². The molecular formula is C15H15Cl2NO2. The average Bonchev–Trinajstić information content (AvgIpc) is 2.43. The van der Waals surface area contributed by atoms with Gasteiger partial charge in [-0.15, -0.1) is 0 Å². The first kappa shape index (κ1) is 14.8. The van der Waals surface area contributed by atoms with Crippen molar-refractivity contribution in [1.29, 1.82) is 0 Å². The maximum absolute atomic E-state index is 6.01. The minimum atomic E-state index is 0.369. The van der Waals surface area contributed by atoms with E-state index in [-0.39, 0.29) is 0 Å². The summed E-state index contributed by atoms with van der Waals surface area (Å²) in [6.07, 6.45) is 0. The number of nitrogens with two attached hydrogens (primary N) is 1.